The number of allylic oxidation sites excluding steroid dienone is 3. The van der Waals surface area contributed by atoms with E-state index in [-0.39, 0.29) is 35.5 Å². The van der Waals surface area contributed by atoms with Crippen LogP contribution >= 0.6 is 0 Å². The topological polar surface area (TPSA) is 106 Å². The van der Waals surface area contributed by atoms with Crippen LogP contribution in [0.25, 0.3) is 0 Å². The van der Waals surface area contributed by atoms with Crippen LogP contribution < -0.4 is 9.47 Å². The number of carbonyl (C=O) groups excluding carboxylic acids is 2. The molecule has 1 aromatic rings. The van der Waals surface area contributed by atoms with Crippen molar-refractivity contribution in [3.63, 3.8) is 0 Å². The monoisotopic (exact) mass is 410 g/mol. The molecule has 1 saturated carbocycles. The largest absolute Gasteiger partial charge is 0.493 e. The molecule has 1 aromatic carbocycles. The van der Waals surface area contributed by atoms with Crippen LogP contribution in [0.5, 0.6) is 11.5 Å². The summed E-state index contributed by atoms with van der Waals surface area (Å²) in [5, 5.41) is 14.1. The minimum atomic E-state index is -1.10. The van der Waals surface area contributed by atoms with E-state index >= 15 is 0 Å². The van der Waals surface area contributed by atoms with Crippen LogP contribution in [0, 0.1) is 23.7 Å². The standard InChI is InChI=1S/C22H22N2O6/c1-3-4-15-7-12(8-16(29-2)20(15)30-11-17(25)26)10-23-24-21(27)18-13-5-6-14(9-13)19(18)22(24)28/h3,5-8,10,13-14,18-19H,1,4,9,11H2,2H3,(H,25,26)/t13-,14-,18-,19+/m0/s1. The Balaban J connectivity index is 1.60. The van der Waals surface area contributed by atoms with E-state index in [1.54, 1.807) is 18.2 Å². The summed E-state index contributed by atoms with van der Waals surface area (Å²) in [4.78, 5) is 36.4. The van der Waals surface area contributed by atoms with Crippen LogP contribution in [0.1, 0.15) is 17.5 Å². The fraction of sp³-hybridized carbons (Fsp3) is 0.364. The average Bonchev–Trinajstić information content (AvgIpc) is 3.39. The van der Waals surface area contributed by atoms with Crippen molar-refractivity contribution in [2.75, 3.05) is 13.7 Å². The number of imide groups is 1. The number of ether oxygens (including phenoxy) is 2. The van der Waals surface area contributed by atoms with Gasteiger partial charge in [0.1, 0.15) is 0 Å². The molecule has 0 aromatic heterocycles. The average molecular weight is 410 g/mol. The van der Waals surface area contributed by atoms with E-state index in [1.165, 1.54) is 13.3 Å². The zero-order chi connectivity index (χ0) is 21.4. The van der Waals surface area contributed by atoms with Gasteiger partial charge in [0.15, 0.2) is 18.1 Å². The van der Waals surface area contributed by atoms with Crippen LogP contribution in [0.15, 0.2) is 42.0 Å². The lowest BCUT2D eigenvalue weighted by atomic mass is 9.85. The second-order valence-corrected chi connectivity index (χ2v) is 7.62. The Morgan fingerprint density at radius 2 is 1.93 bits per heavy atom. The van der Waals surface area contributed by atoms with Gasteiger partial charge in [-0.05, 0) is 42.4 Å². The third kappa shape index (κ3) is 3.28. The fourth-order valence-electron chi connectivity index (χ4n) is 4.64. The van der Waals surface area contributed by atoms with Crippen LogP contribution in [0.4, 0.5) is 0 Å². The molecule has 156 valence electrons. The van der Waals surface area contributed by atoms with E-state index in [2.05, 4.69) is 11.7 Å². The van der Waals surface area contributed by atoms with Crippen LogP contribution in [-0.2, 0) is 20.8 Å². The molecule has 0 spiro atoms. The van der Waals surface area contributed by atoms with Crippen molar-refractivity contribution in [2.24, 2.45) is 28.8 Å². The van der Waals surface area contributed by atoms with Gasteiger partial charge in [-0.25, -0.2) is 4.79 Å². The maximum Gasteiger partial charge on any atom is 0.341 e. The molecule has 2 aliphatic carbocycles. The van der Waals surface area contributed by atoms with Gasteiger partial charge in [0.2, 0.25) is 0 Å². The summed E-state index contributed by atoms with van der Waals surface area (Å²) in [5.74, 6) is -1.33. The van der Waals surface area contributed by atoms with Gasteiger partial charge in [0.05, 0.1) is 25.2 Å². The van der Waals surface area contributed by atoms with Gasteiger partial charge in [0, 0.05) is 5.56 Å². The summed E-state index contributed by atoms with van der Waals surface area (Å²) in [7, 11) is 1.44. The predicted octanol–water partition coefficient (Wildman–Crippen LogP) is 2.03. The van der Waals surface area contributed by atoms with Crippen molar-refractivity contribution in [1.82, 2.24) is 5.01 Å². The van der Waals surface area contributed by atoms with Crippen molar-refractivity contribution in [2.45, 2.75) is 12.8 Å². The molecule has 1 aliphatic heterocycles. The number of benzene rings is 1. The number of aliphatic carboxylic acids is 1. The second kappa shape index (κ2) is 7.78. The number of rotatable bonds is 8. The molecule has 3 aliphatic rings. The molecule has 2 amide bonds. The Kier molecular flexibility index (Phi) is 5.15. The highest BCUT2D eigenvalue weighted by molar-refractivity contribution is 6.06. The van der Waals surface area contributed by atoms with Gasteiger partial charge in [-0.15, -0.1) is 6.58 Å². The van der Waals surface area contributed by atoms with Crippen molar-refractivity contribution >= 4 is 24.0 Å². The molecule has 4 atom stereocenters. The molecule has 1 N–H and O–H groups in total. The Labute approximate surface area is 173 Å². The highest BCUT2D eigenvalue weighted by Crippen LogP contribution is 2.52. The first-order valence-corrected chi connectivity index (χ1v) is 9.71. The number of hydrazone groups is 1. The first kappa shape index (κ1) is 19.9. The molecule has 0 radical (unpaired) electrons. The molecule has 8 nitrogen and oxygen atoms in total. The summed E-state index contributed by atoms with van der Waals surface area (Å²) in [6, 6.07) is 3.35. The number of hydrogen-bond donors (Lipinski definition) is 1. The Hall–Kier alpha value is -3.42. The van der Waals surface area contributed by atoms with E-state index in [9.17, 15) is 14.4 Å². The maximum absolute atomic E-state index is 12.7. The van der Waals surface area contributed by atoms with Crippen LogP contribution in [-0.4, -0.2) is 47.8 Å². The Morgan fingerprint density at radius 3 is 2.50 bits per heavy atom. The number of hydrogen-bond acceptors (Lipinski definition) is 6. The highest BCUT2D eigenvalue weighted by atomic mass is 16.5. The van der Waals surface area contributed by atoms with Gasteiger partial charge in [-0.3, -0.25) is 9.59 Å². The minimum Gasteiger partial charge on any atom is -0.493 e. The van der Waals surface area contributed by atoms with Gasteiger partial charge in [-0.1, -0.05) is 18.2 Å². The minimum absolute atomic E-state index is 0.126. The molecule has 8 heteroatoms. The molecule has 2 fully saturated rings. The van der Waals surface area contributed by atoms with Crippen molar-refractivity contribution < 1.29 is 29.0 Å². The van der Waals surface area contributed by atoms with Crippen molar-refractivity contribution in [1.29, 1.82) is 0 Å². The lowest BCUT2D eigenvalue weighted by Gasteiger charge is -2.15. The molecule has 0 unspecified atom stereocenters. The molecule has 2 bridgehead atoms. The first-order valence-electron chi connectivity index (χ1n) is 9.71. The Bertz CT molecular complexity index is 952. The van der Waals surface area contributed by atoms with Gasteiger partial charge < -0.3 is 14.6 Å². The summed E-state index contributed by atoms with van der Waals surface area (Å²) >= 11 is 0. The lowest BCUT2D eigenvalue weighted by Crippen LogP contribution is -2.28. The second-order valence-electron chi connectivity index (χ2n) is 7.62. The Morgan fingerprint density at radius 1 is 1.27 bits per heavy atom. The van der Waals surface area contributed by atoms with Gasteiger partial charge >= 0.3 is 5.97 Å². The summed E-state index contributed by atoms with van der Waals surface area (Å²) < 4.78 is 10.7. The molecule has 4 rings (SSSR count). The summed E-state index contributed by atoms with van der Waals surface area (Å²) in [6.45, 7) is 3.20. The SMILES string of the molecule is C=CCc1cc(C=NN2C(=O)[C@@H]3[C@H](C2=O)[C@H]2C=C[C@H]3C2)cc(OC)c1OCC(=O)O. The fourth-order valence-corrected chi connectivity index (χ4v) is 4.64. The van der Waals surface area contributed by atoms with Gasteiger partial charge in [-0.2, -0.15) is 10.1 Å². The molecular formula is C22H22N2O6. The predicted molar refractivity (Wildman–Crippen MR) is 107 cm³/mol. The van der Waals surface area contributed by atoms with Crippen LogP contribution in [0.2, 0.25) is 0 Å². The normalized spacial score (nSPS) is 26.5. The van der Waals surface area contributed by atoms with E-state index in [4.69, 9.17) is 14.6 Å². The van der Waals surface area contributed by atoms with Crippen molar-refractivity contribution in [3.05, 3.63) is 48.1 Å². The smallest absolute Gasteiger partial charge is 0.341 e. The first-order chi connectivity index (χ1) is 14.4. The van der Waals surface area contributed by atoms with E-state index < -0.39 is 12.6 Å². The molecule has 1 heterocycles. The number of amides is 2. The lowest BCUT2D eigenvalue weighted by molar-refractivity contribution is -0.141. The quantitative estimate of drug-likeness (QED) is 0.399. The third-order valence-electron chi connectivity index (χ3n) is 5.85. The summed E-state index contributed by atoms with van der Waals surface area (Å²) in [5.41, 5.74) is 1.25. The highest BCUT2D eigenvalue weighted by Gasteiger charge is 2.59. The third-order valence-corrected chi connectivity index (χ3v) is 5.85. The van der Waals surface area contributed by atoms with E-state index in [0.717, 1.165) is 11.4 Å². The molecule has 30 heavy (non-hydrogen) atoms. The zero-order valence-corrected chi connectivity index (χ0v) is 16.5. The van der Waals surface area contributed by atoms with Gasteiger partial charge in [0.25, 0.3) is 11.8 Å². The number of carbonyl (C=O) groups is 3. The number of methoxy groups -OCH3 is 1. The van der Waals surface area contributed by atoms with E-state index in [1.807, 2.05) is 12.2 Å². The number of carboxylic acid groups (broad SMARTS) is 1. The van der Waals surface area contributed by atoms with Crippen molar-refractivity contribution in [3.8, 4) is 11.5 Å². The molecule has 1 saturated heterocycles. The molecular weight excluding hydrogens is 388 g/mol. The number of carboxylic acids is 1. The maximum atomic E-state index is 12.7. The summed E-state index contributed by atoms with van der Waals surface area (Å²) in [6.07, 6.45) is 8.43. The number of fused-ring (bicyclic) bond motifs is 5. The number of nitrogens with zero attached hydrogens (tertiary/aromatic N) is 2. The zero-order valence-electron chi connectivity index (χ0n) is 16.5. The van der Waals surface area contributed by atoms with E-state index in [0.29, 0.717) is 29.0 Å². The van der Waals surface area contributed by atoms with Crippen LogP contribution in [0.3, 0.4) is 0 Å².